The van der Waals surface area contributed by atoms with Crippen LogP contribution in [0, 0.1) is 0 Å². The Morgan fingerprint density at radius 1 is 1.42 bits per heavy atom. The molecule has 0 heterocycles. The van der Waals surface area contributed by atoms with Gasteiger partial charge in [0.05, 0.1) is 8.07 Å². The third kappa shape index (κ3) is 6.61. The van der Waals surface area contributed by atoms with Gasteiger partial charge in [-0.25, -0.2) is 0 Å². The van der Waals surface area contributed by atoms with Crippen LogP contribution in [-0.4, -0.2) is 17.6 Å². The van der Waals surface area contributed by atoms with Crippen LogP contribution >= 0.6 is 0 Å². The molecule has 0 atom stereocenters. The van der Waals surface area contributed by atoms with E-state index >= 15 is 0 Å². The minimum atomic E-state index is -0.980. The molecular weight excluding hydrogens is 176 g/mol. The van der Waals surface area contributed by atoms with Crippen molar-refractivity contribution in [3.8, 4) is 0 Å². The summed E-state index contributed by atoms with van der Waals surface area (Å²) < 4.78 is 0. The van der Waals surface area contributed by atoms with E-state index in [0.717, 1.165) is 0 Å². The SMILES string of the molecule is C=C[Si](C)(C)CC[SiH2]C=C(C)C. The van der Waals surface area contributed by atoms with E-state index in [-0.39, 0.29) is 9.52 Å². The maximum absolute atomic E-state index is 3.91. The summed E-state index contributed by atoms with van der Waals surface area (Å²) in [6.45, 7) is 13.1. The highest BCUT2D eigenvalue weighted by Crippen LogP contribution is 2.12. The summed E-state index contributed by atoms with van der Waals surface area (Å²) in [5, 5.41) is 0. The molecule has 0 spiro atoms. The molecule has 0 N–H and O–H groups in total. The van der Waals surface area contributed by atoms with Gasteiger partial charge < -0.3 is 0 Å². The van der Waals surface area contributed by atoms with E-state index in [1.54, 1.807) is 0 Å². The highest BCUT2D eigenvalue weighted by molar-refractivity contribution is 6.82. The van der Waals surface area contributed by atoms with E-state index in [9.17, 15) is 0 Å². The molecule has 0 fully saturated rings. The first kappa shape index (κ1) is 11.9. The predicted octanol–water partition coefficient (Wildman–Crippen LogP) is 2.93. The Bertz CT molecular complexity index is 165. The summed E-state index contributed by atoms with van der Waals surface area (Å²) in [7, 11) is -0.880. The van der Waals surface area contributed by atoms with Gasteiger partial charge in [-0.1, -0.05) is 30.8 Å². The van der Waals surface area contributed by atoms with Crippen molar-refractivity contribution in [2.45, 2.75) is 39.0 Å². The minimum Gasteiger partial charge on any atom is -0.107 e. The van der Waals surface area contributed by atoms with Crippen LogP contribution in [0.15, 0.2) is 23.6 Å². The van der Waals surface area contributed by atoms with Crippen LogP contribution in [0.2, 0.25) is 25.2 Å². The fraction of sp³-hybridized carbons (Fsp3) is 0.600. The summed E-state index contributed by atoms with van der Waals surface area (Å²) >= 11 is 0. The normalized spacial score (nSPS) is 12.0. The second-order valence-electron chi connectivity index (χ2n) is 4.37. The van der Waals surface area contributed by atoms with Crippen molar-refractivity contribution < 1.29 is 0 Å². The molecule has 0 nitrogen and oxygen atoms in total. The summed E-state index contributed by atoms with van der Waals surface area (Å²) in [4.78, 5) is 0. The third-order valence-electron chi connectivity index (χ3n) is 2.13. The van der Waals surface area contributed by atoms with Crippen LogP contribution in [-0.2, 0) is 0 Å². The quantitative estimate of drug-likeness (QED) is 0.471. The number of rotatable bonds is 5. The lowest BCUT2D eigenvalue weighted by molar-refractivity contribution is 1.34. The van der Waals surface area contributed by atoms with Gasteiger partial charge in [0.2, 0.25) is 0 Å². The summed E-state index contributed by atoms with van der Waals surface area (Å²) in [6.07, 6.45) is 0. The molecule has 12 heavy (non-hydrogen) atoms. The Morgan fingerprint density at radius 2 is 2.00 bits per heavy atom. The molecule has 0 aromatic heterocycles. The molecular formula is C10H22Si2. The van der Waals surface area contributed by atoms with Gasteiger partial charge in [-0.3, -0.25) is 0 Å². The topological polar surface area (TPSA) is 0 Å². The number of hydrogen-bond acceptors (Lipinski definition) is 0. The molecule has 0 rings (SSSR count). The molecule has 0 aromatic rings. The molecule has 0 aliphatic rings. The van der Waals surface area contributed by atoms with Crippen LogP contribution in [0.5, 0.6) is 0 Å². The Hall–Kier alpha value is -0.0862. The molecule has 0 radical (unpaired) electrons. The summed E-state index contributed by atoms with van der Waals surface area (Å²) in [5.41, 5.74) is 6.18. The van der Waals surface area contributed by atoms with Gasteiger partial charge in [-0.2, -0.15) is 0 Å². The van der Waals surface area contributed by atoms with Crippen LogP contribution in [0.4, 0.5) is 0 Å². The second-order valence-corrected chi connectivity index (χ2v) is 10.9. The highest BCUT2D eigenvalue weighted by atomic mass is 28.3. The predicted molar refractivity (Wildman–Crippen MR) is 65.3 cm³/mol. The Morgan fingerprint density at radius 3 is 2.42 bits per heavy atom. The van der Waals surface area contributed by atoms with Crippen LogP contribution in [0.1, 0.15) is 13.8 Å². The molecule has 2 heteroatoms. The fourth-order valence-corrected chi connectivity index (χ4v) is 6.50. The van der Waals surface area contributed by atoms with Crippen LogP contribution < -0.4 is 0 Å². The minimum absolute atomic E-state index is 0.0996. The first-order chi connectivity index (χ1) is 5.48. The molecule has 0 saturated heterocycles. The first-order valence-corrected chi connectivity index (χ1v) is 9.85. The lowest BCUT2D eigenvalue weighted by Crippen LogP contribution is -2.21. The molecule has 0 aromatic carbocycles. The van der Waals surface area contributed by atoms with Gasteiger partial charge in [0, 0.05) is 9.52 Å². The smallest absolute Gasteiger partial charge is 0.0706 e. The highest BCUT2D eigenvalue weighted by Gasteiger charge is 2.13. The zero-order valence-electron chi connectivity index (χ0n) is 8.98. The van der Waals surface area contributed by atoms with E-state index in [1.165, 1.54) is 17.7 Å². The van der Waals surface area contributed by atoms with Gasteiger partial charge >= 0.3 is 0 Å². The fourth-order valence-electron chi connectivity index (χ4n) is 1.05. The maximum Gasteiger partial charge on any atom is 0.0706 e. The zero-order valence-corrected chi connectivity index (χ0v) is 11.4. The number of hydrogen-bond donors (Lipinski definition) is 0. The molecule has 0 aliphatic heterocycles. The number of allylic oxidation sites excluding steroid dienone is 1. The van der Waals surface area contributed by atoms with Gasteiger partial charge in [0.15, 0.2) is 0 Å². The molecule has 0 amide bonds. The largest absolute Gasteiger partial charge is 0.107 e. The maximum atomic E-state index is 3.91. The molecule has 0 bridgehead atoms. The first-order valence-electron chi connectivity index (χ1n) is 4.75. The summed E-state index contributed by atoms with van der Waals surface area (Å²) in [5.74, 6) is 0. The van der Waals surface area contributed by atoms with E-state index < -0.39 is 8.07 Å². The van der Waals surface area contributed by atoms with Crippen molar-refractivity contribution in [1.82, 2.24) is 0 Å². The zero-order chi connectivity index (χ0) is 9.61. The third-order valence-corrected chi connectivity index (χ3v) is 7.45. The average molecular weight is 198 g/mol. The monoisotopic (exact) mass is 198 g/mol. The van der Waals surface area contributed by atoms with Crippen LogP contribution in [0.25, 0.3) is 0 Å². The van der Waals surface area contributed by atoms with Crippen LogP contribution in [0.3, 0.4) is 0 Å². The van der Waals surface area contributed by atoms with Gasteiger partial charge in [0.25, 0.3) is 0 Å². The Balaban J connectivity index is 3.57. The van der Waals surface area contributed by atoms with Crippen molar-refractivity contribution in [2.75, 3.05) is 0 Å². The Kier molecular flexibility index (Phi) is 5.50. The van der Waals surface area contributed by atoms with E-state index in [0.29, 0.717) is 0 Å². The van der Waals surface area contributed by atoms with Crippen molar-refractivity contribution in [1.29, 1.82) is 0 Å². The van der Waals surface area contributed by atoms with Crippen molar-refractivity contribution >= 4 is 17.6 Å². The van der Waals surface area contributed by atoms with Crippen molar-refractivity contribution in [2.24, 2.45) is 0 Å². The van der Waals surface area contributed by atoms with Gasteiger partial charge in [0.1, 0.15) is 0 Å². The average Bonchev–Trinajstić information content (AvgIpc) is 1.98. The van der Waals surface area contributed by atoms with Gasteiger partial charge in [-0.15, -0.1) is 18.0 Å². The molecule has 70 valence electrons. The lowest BCUT2D eigenvalue weighted by Gasteiger charge is -2.15. The van der Waals surface area contributed by atoms with E-state index in [4.69, 9.17) is 0 Å². The molecule has 0 saturated carbocycles. The standard InChI is InChI=1S/C10H22Si2/c1-6-12(4,5)8-7-11-9-10(2)3/h6,9H,1,7-8,11H2,2-5H3. The van der Waals surface area contributed by atoms with E-state index in [2.05, 4.69) is 44.9 Å². The second kappa shape index (κ2) is 5.54. The Labute approximate surface area is 80.6 Å². The van der Waals surface area contributed by atoms with Crippen molar-refractivity contribution in [3.05, 3.63) is 23.6 Å². The van der Waals surface area contributed by atoms with E-state index in [1.807, 2.05) is 0 Å². The lowest BCUT2D eigenvalue weighted by atomic mass is 10.4. The van der Waals surface area contributed by atoms with Crippen molar-refractivity contribution in [3.63, 3.8) is 0 Å². The van der Waals surface area contributed by atoms with Gasteiger partial charge in [-0.05, 0) is 13.8 Å². The molecule has 0 unspecified atom stereocenters. The summed E-state index contributed by atoms with van der Waals surface area (Å²) in [6, 6.07) is 2.91. The molecule has 0 aliphatic carbocycles.